The summed E-state index contributed by atoms with van der Waals surface area (Å²) >= 11 is 0. The molecule has 0 fully saturated rings. The molecule has 2 rings (SSSR count). The van der Waals surface area contributed by atoms with Gasteiger partial charge in [0.05, 0.1) is 25.5 Å². The fourth-order valence-electron chi connectivity index (χ4n) is 1.90. The number of aromatic nitrogens is 3. The van der Waals surface area contributed by atoms with Crippen LogP contribution in [0.3, 0.4) is 0 Å². The SMILES string of the molecule is CCCNCc1cn(Cc2ccccc2OC)nn1. The standard InChI is InChI=1S/C14H20N4O/c1-3-8-15-9-13-11-18(17-16-13)10-12-6-4-5-7-14(12)19-2/h4-7,11,15H,3,8-10H2,1-2H3. The summed E-state index contributed by atoms with van der Waals surface area (Å²) in [7, 11) is 1.68. The van der Waals surface area contributed by atoms with Gasteiger partial charge in [-0.1, -0.05) is 30.3 Å². The first-order valence-corrected chi connectivity index (χ1v) is 6.55. The van der Waals surface area contributed by atoms with Crippen LogP contribution in [0, 0.1) is 0 Å². The molecule has 1 aromatic heterocycles. The molecule has 5 nitrogen and oxygen atoms in total. The first-order valence-electron chi connectivity index (χ1n) is 6.55. The van der Waals surface area contributed by atoms with E-state index in [1.54, 1.807) is 7.11 Å². The van der Waals surface area contributed by atoms with Crippen molar-refractivity contribution in [2.45, 2.75) is 26.4 Å². The minimum atomic E-state index is 0.671. The Bertz CT molecular complexity index is 510. The second-order valence-corrected chi connectivity index (χ2v) is 4.40. The molecule has 102 valence electrons. The number of hydrogen-bond donors (Lipinski definition) is 1. The van der Waals surface area contributed by atoms with Gasteiger partial charge in [0.25, 0.3) is 0 Å². The van der Waals surface area contributed by atoms with Crippen LogP contribution in [0.5, 0.6) is 5.75 Å². The molecule has 0 atom stereocenters. The zero-order valence-electron chi connectivity index (χ0n) is 11.5. The van der Waals surface area contributed by atoms with E-state index in [1.807, 2.05) is 35.1 Å². The van der Waals surface area contributed by atoms with Crippen LogP contribution < -0.4 is 10.1 Å². The maximum absolute atomic E-state index is 5.33. The minimum absolute atomic E-state index is 0.671. The molecule has 0 bridgehead atoms. The average molecular weight is 260 g/mol. The number of hydrogen-bond acceptors (Lipinski definition) is 4. The van der Waals surface area contributed by atoms with Gasteiger partial charge in [0, 0.05) is 12.1 Å². The van der Waals surface area contributed by atoms with Gasteiger partial charge in [0.2, 0.25) is 0 Å². The van der Waals surface area contributed by atoms with Crippen LogP contribution in [0.15, 0.2) is 30.5 Å². The van der Waals surface area contributed by atoms with Crippen molar-refractivity contribution in [1.29, 1.82) is 0 Å². The molecule has 0 saturated heterocycles. The van der Waals surface area contributed by atoms with E-state index < -0.39 is 0 Å². The summed E-state index contributed by atoms with van der Waals surface area (Å²) in [6.45, 7) is 4.58. The molecule has 1 N–H and O–H groups in total. The van der Waals surface area contributed by atoms with E-state index in [1.165, 1.54) is 0 Å². The number of nitrogens with zero attached hydrogens (tertiary/aromatic N) is 3. The van der Waals surface area contributed by atoms with Gasteiger partial charge >= 0.3 is 0 Å². The van der Waals surface area contributed by atoms with Crippen LogP contribution in [0.2, 0.25) is 0 Å². The molecule has 0 amide bonds. The molecule has 1 aromatic carbocycles. The van der Waals surface area contributed by atoms with Crippen molar-refractivity contribution in [3.63, 3.8) is 0 Å². The lowest BCUT2D eigenvalue weighted by Crippen LogP contribution is -2.13. The summed E-state index contributed by atoms with van der Waals surface area (Å²) in [5.41, 5.74) is 2.06. The molecule has 0 aliphatic heterocycles. The van der Waals surface area contributed by atoms with Gasteiger partial charge in [-0.15, -0.1) is 5.10 Å². The molecule has 0 aliphatic rings. The predicted molar refractivity (Wildman–Crippen MR) is 74.1 cm³/mol. The lowest BCUT2D eigenvalue weighted by atomic mass is 10.2. The van der Waals surface area contributed by atoms with E-state index in [-0.39, 0.29) is 0 Å². The van der Waals surface area contributed by atoms with Crippen LogP contribution in [0.4, 0.5) is 0 Å². The van der Waals surface area contributed by atoms with Crippen LogP contribution in [-0.2, 0) is 13.1 Å². The predicted octanol–water partition coefficient (Wildman–Crippen LogP) is 1.83. The average Bonchev–Trinajstić information content (AvgIpc) is 2.87. The Balaban J connectivity index is 1.99. The van der Waals surface area contributed by atoms with E-state index >= 15 is 0 Å². The van der Waals surface area contributed by atoms with Crippen LogP contribution in [0.25, 0.3) is 0 Å². The van der Waals surface area contributed by atoms with Crippen molar-refractivity contribution in [3.05, 3.63) is 41.7 Å². The highest BCUT2D eigenvalue weighted by molar-refractivity contribution is 5.33. The highest BCUT2D eigenvalue weighted by Crippen LogP contribution is 2.17. The summed E-state index contributed by atoms with van der Waals surface area (Å²) < 4.78 is 7.16. The summed E-state index contributed by atoms with van der Waals surface area (Å²) in [4.78, 5) is 0. The molecule has 0 saturated carbocycles. The smallest absolute Gasteiger partial charge is 0.123 e. The number of methoxy groups -OCH3 is 1. The molecule has 0 unspecified atom stereocenters. The minimum Gasteiger partial charge on any atom is -0.496 e. The Morgan fingerprint density at radius 3 is 2.95 bits per heavy atom. The molecule has 0 spiro atoms. The number of nitrogens with one attached hydrogen (secondary N) is 1. The van der Waals surface area contributed by atoms with E-state index in [9.17, 15) is 0 Å². The van der Waals surface area contributed by atoms with Crippen molar-refractivity contribution in [3.8, 4) is 5.75 Å². The van der Waals surface area contributed by atoms with Gasteiger partial charge in [0.1, 0.15) is 5.75 Å². The monoisotopic (exact) mass is 260 g/mol. The van der Waals surface area contributed by atoms with E-state index in [0.29, 0.717) is 6.54 Å². The Labute approximate surface area is 113 Å². The molecule has 0 radical (unpaired) electrons. The first kappa shape index (κ1) is 13.5. The Morgan fingerprint density at radius 1 is 1.32 bits per heavy atom. The third-order valence-electron chi connectivity index (χ3n) is 2.84. The fourth-order valence-corrected chi connectivity index (χ4v) is 1.90. The summed E-state index contributed by atoms with van der Waals surface area (Å²) in [6, 6.07) is 7.95. The summed E-state index contributed by atoms with van der Waals surface area (Å²) in [6.07, 6.45) is 3.09. The molecule has 5 heteroatoms. The zero-order chi connectivity index (χ0) is 13.5. The Hall–Kier alpha value is -1.88. The molecule has 19 heavy (non-hydrogen) atoms. The van der Waals surface area contributed by atoms with Crippen molar-refractivity contribution in [2.24, 2.45) is 0 Å². The van der Waals surface area contributed by atoms with E-state index in [4.69, 9.17) is 4.74 Å². The maximum Gasteiger partial charge on any atom is 0.123 e. The number of ether oxygens (including phenoxy) is 1. The quantitative estimate of drug-likeness (QED) is 0.772. The highest BCUT2D eigenvalue weighted by atomic mass is 16.5. The van der Waals surface area contributed by atoms with Crippen molar-refractivity contribution < 1.29 is 4.74 Å². The number of rotatable bonds is 7. The number of para-hydroxylation sites is 1. The molecular formula is C14H20N4O. The van der Waals surface area contributed by atoms with Crippen molar-refractivity contribution in [2.75, 3.05) is 13.7 Å². The maximum atomic E-state index is 5.33. The number of benzene rings is 1. The molecule has 0 aliphatic carbocycles. The lowest BCUT2D eigenvalue weighted by Gasteiger charge is -2.07. The lowest BCUT2D eigenvalue weighted by molar-refractivity contribution is 0.407. The third kappa shape index (κ3) is 3.79. The Kier molecular flexibility index (Phi) is 4.92. The van der Waals surface area contributed by atoms with Crippen molar-refractivity contribution in [1.82, 2.24) is 20.3 Å². The fraction of sp³-hybridized carbons (Fsp3) is 0.429. The largest absolute Gasteiger partial charge is 0.496 e. The zero-order valence-corrected chi connectivity index (χ0v) is 11.5. The van der Waals surface area contributed by atoms with Gasteiger partial charge in [-0.2, -0.15) is 0 Å². The normalized spacial score (nSPS) is 10.6. The van der Waals surface area contributed by atoms with Gasteiger partial charge in [-0.05, 0) is 19.0 Å². The Morgan fingerprint density at radius 2 is 2.16 bits per heavy atom. The third-order valence-corrected chi connectivity index (χ3v) is 2.84. The highest BCUT2D eigenvalue weighted by Gasteiger charge is 2.05. The van der Waals surface area contributed by atoms with Gasteiger partial charge < -0.3 is 10.1 Å². The topological polar surface area (TPSA) is 52.0 Å². The van der Waals surface area contributed by atoms with Crippen molar-refractivity contribution >= 4 is 0 Å². The van der Waals surface area contributed by atoms with Gasteiger partial charge in [0.15, 0.2) is 0 Å². The first-order chi connectivity index (χ1) is 9.33. The second-order valence-electron chi connectivity index (χ2n) is 4.40. The molecule has 1 heterocycles. The van der Waals surface area contributed by atoms with Crippen LogP contribution in [0.1, 0.15) is 24.6 Å². The van der Waals surface area contributed by atoms with E-state index in [0.717, 1.165) is 36.5 Å². The summed E-state index contributed by atoms with van der Waals surface area (Å²) in [5, 5.41) is 11.6. The summed E-state index contributed by atoms with van der Waals surface area (Å²) in [5.74, 6) is 0.878. The second kappa shape index (κ2) is 6.89. The van der Waals surface area contributed by atoms with Gasteiger partial charge in [-0.25, -0.2) is 4.68 Å². The van der Waals surface area contributed by atoms with Gasteiger partial charge in [-0.3, -0.25) is 0 Å². The van der Waals surface area contributed by atoms with E-state index in [2.05, 4.69) is 22.6 Å². The molecule has 2 aromatic rings. The molecular weight excluding hydrogens is 240 g/mol. The van der Waals surface area contributed by atoms with Crippen LogP contribution >= 0.6 is 0 Å². The van der Waals surface area contributed by atoms with Crippen LogP contribution in [-0.4, -0.2) is 28.6 Å².